The largest absolute Gasteiger partial charge is 0.401 e. The van der Waals surface area contributed by atoms with Gasteiger partial charge in [-0.3, -0.25) is 14.5 Å². The molecule has 9 heteroatoms. The number of hydrazine groups is 1. The summed E-state index contributed by atoms with van der Waals surface area (Å²) in [5.74, 6) is 6.42. The van der Waals surface area contributed by atoms with E-state index in [-0.39, 0.29) is 17.9 Å². The second-order valence-electron chi connectivity index (χ2n) is 13.7. The number of β-amino-alcohol motifs (C(OH)–C–C–N with tert-alkyl or cyclic N) is 1. The molecule has 0 aromatic heterocycles. The molecule has 0 bridgehead atoms. The number of amides is 2. The molecule has 43 heavy (non-hydrogen) atoms. The second kappa shape index (κ2) is 12.7. The Balaban J connectivity index is 1.17. The van der Waals surface area contributed by atoms with Crippen LogP contribution < -0.4 is 16.9 Å². The van der Waals surface area contributed by atoms with Gasteiger partial charge in [-0.15, -0.1) is 0 Å². The third-order valence-corrected chi connectivity index (χ3v) is 9.02. The molecule has 6 N–H and O–H groups in total. The highest BCUT2D eigenvalue weighted by molar-refractivity contribution is 5.90. The average Bonchev–Trinajstić information content (AvgIpc) is 3.69. The van der Waals surface area contributed by atoms with Gasteiger partial charge in [0.2, 0.25) is 11.8 Å². The molecule has 3 fully saturated rings. The van der Waals surface area contributed by atoms with E-state index in [1.54, 1.807) is 11.1 Å². The van der Waals surface area contributed by atoms with Gasteiger partial charge in [0.25, 0.3) is 0 Å². The number of nitrogens with one attached hydrogen (secondary N) is 1. The molecule has 3 aliphatic rings. The minimum Gasteiger partial charge on any atom is -0.401 e. The van der Waals surface area contributed by atoms with Crippen molar-refractivity contribution in [2.75, 3.05) is 26.2 Å². The van der Waals surface area contributed by atoms with E-state index in [0.717, 1.165) is 19.3 Å². The zero-order chi connectivity index (χ0) is 30.8. The van der Waals surface area contributed by atoms with Crippen LogP contribution >= 0.6 is 0 Å². The van der Waals surface area contributed by atoms with Gasteiger partial charge in [0.05, 0.1) is 11.6 Å². The lowest BCUT2D eigenvalue weighted by atomic mass is 9.85. The molecule has 2 saturated heterocycles. The number of nitrogens with two attached hydrogens (primary N) is 2. The molecule has 232 valence electrons. The highest BCUT2D eigenvalue weighted by atomic mass is 16.3. The van der Waals surface area contributed by atoms with Crippen LogP contribution in [0.25, 0.3) is 0 Å². The van der Waals surface area contributed by atoms with Crippen molar-refractivity contribution in [2.24, 2.45) is 22.9 Å². The molecule has 2 aliphatic heterocycles. The number of likely N-dealkylation sites (tertiary alicyclic amines) is 2. The van der Waals surface area contributed by atoms with Gasteiger partial charge in [0.15, 0.2) is 0 Å². The first-order valence-corrected chi connectivity index (χ1v) is 15.6. The van der Waals surface area contributed by atoms with E-state index in [1.807, 2.05) is 57.2 Å². The highest BCUT2D eigenvalue weighted by Gasteiger charge is 2.46. The Kier molecular flexibility index (Phi) is 9.15. The van der Waals surface area contributed by atoms with Gasteiger partial charge in [-0.1, -0.05) is 81.4 Å². The molecule has 1 aliphatic carbocycles. The minimum absolute atomic E-state index is 0.0580. The lowest BCUT2D eigenvalue weighted by Crippen LogP contribution is -2.63. The maximum atomic E-state index is 13.8. The topological polar surface area (TPSA) is 128 Å². The van der Waals surface area contributed by atoms with Gasteiger partial charge < -0.3 is 26.1 Å². The molecule has 2 aromatic carbocycles. The maximum absolute atomic E-state index is 13.8. The summed E-state index contributed by atoms with van der Waals surface area (Å²) in [4.78, 5) is 31.1. The summed E-state index contributed by atoms with van der Waals surface area (Å²) >= 11 is 0. The van der Waals surface area contributed by atoms with Crippen LogP contribution in [0.3, 0.4) is 0 Å². The number of hydrogen-bond acceptors (Lipinski definition) is 7. The Hall–Kier alpha value is -3.40. The van der Waals surface area contributed by atoms with Gasteiger partial charge in [0.1, 0.15) is 12.1 Å². The number of carbonyl (C=O) groups excluding carboxylic acids is 2. The number of rotatable bonds is 11. The number of hydrogen-bond donors (Lipinski definition) is 4. The Bertz CT molecular complexity index is 1240. The molecule has 0 radical (unpaired) electrons. The normalized spacial score (nSPS) is 21.4. The van der Waals surface area contributed by atoms with Crippen molar-refractivity contribution in [3.05, 3.63) is 83.7 Å². The van der Waals surface area contributed by atoms with Crippen LogP contribution in [0.15, 0.2) is 72.6 Å². The fourth-order valence-electron chi connectivity index (χ4n) is 6.65. The van der Waals surface area contributed by atoms with Crippen molar-refractivity contribution in [3.8, 4) is 0 Å². The van der Waals surface area contributed by atoms with E-state index in [1.165, 1.54) is 16.1 Å². The van der Waals surface area contributed by atoms with E-state index < -0.39 is 23.1 Å². The number of aliphatic hydroxyl groups is 1. The fraction of sp³-hybridized carbons (Fsp3) is 0.529. The third-order valence-electron chi connectivity index (χ3n) is 9.02. The summed E-state index contributed by atoms with van der Waals surface area (Å²) in [7, 11) is 0. The fourth-order valence-corrected chi connectivity index (χ4v) is 6.65. The molecule has 5 rings (SSSR count). The van der Waals surface area contributed by atoms with Crippen molar-refractivity contribution >= 4 is 11.8 Å². The maximum Gasteiger partial charge on any atom is 0.248 e. The van der Waals surface area contributed by atoms with Crippen molar-refractivity contribution in [2.45, 2.75) is 76.6 Å². The Morgan fingerprint density at radius 2 is 1.63 bits per heavy atom. The SMILES string of the molecule is CC(C)(C)[C@@H](C(=O)N1CCC[C@H]1C(=O)NCCC1(O)CN(C(c2ccccc2)c2ccccc2)C1)N(N)/C=C(\N)C1CC1. The van der Waals surface area contributed by atoms with Gasteiger partial charge in [-0.2, -0.15) is 0 Å². The molecule has 2 heterocycles. The average molecular weight is 589 g/mol. The Morgan fingerprint density at radius 3 is 2.16 bits per heavy atom. The highest BCUT2D eigenvalue weighted by Crippen LogP contribution is 2.37. The Morgan fingerprint density at radius 1 is 1.05 bits per heavy atom. The van der Waals surface area contributed by atoms with Crippen LogP contribution in [0.2, 0.25) is 0 Å². The summed E-state index contributed by atoms with van der Waals surface area (Å²) in [5, 5.41) is 15.7. The lowest BCUT2D eigenvalue weighted by Gasteiger charge is -2.50. The molecule has 1 saturated carbocycles. The van der Waals surface area contributed by atoms with Crippen molar-refractivity contribution < 1.29 is 14.7 Å². The summed E-state index contributed by atoms with van der Waals surface area (Å²) in [6.45, 7) is 7.82. The van der Waals surface area contributed by atoms with Crippen LogP contribution in [-0.4, -0.2) is 75.6 Å². The van der Waals surface area contributed by atoms with E-state index in [2.05, 4.69) is 34.5 Å². The second-order valence-corrected chi connectivity index (χ2v) is 13.7. The van der Waals surface area contributed by atoms with Gasteiger partial charge >= 0.3 is 0 Å². The predicted molar refractivity (Wildman–Crippen MR) is 168 cm³/mol. The molecule has 2 atom stereocenters. The minimum atomic E-state index is -0.883. The van der Waals surface area contributed by atoms with Crippen molar-refractivity contribution in [3.63, 3.8) is 0 Å². The van der Waals surface area contributed by atoms with Crippen molar-refractivity contribution in [1.82, 2.24) is 20.1 Å². The molecule has 2 amide bonds. The van der Waals surface area contributed by atoms with Gasteiger partial charge in [0, 0.05) is 44.0 Å². The lowest BCUT2D eigenvalue weighted by molar-refractivity contribution is -0.145. The first-order valence-electron chi connectivity index (χ1n) is 15.6. The molecule has 0 spiro atoms. The molecule has 2 aromatic rings. The standard InChI is InChI=1S/C34H48N6O3/c1-33(2,3)30(40(36)21-27(35)24-16-17-24)32(42)39-20-10-15-28(39)31(41)37-19-18-34(43)22-38(23-34)29(25-11-6-4-7-12-25)26-13-8-5-9-14-26/h4-9,11-14,21,24,28-30,43H,10,15-20,22-23,35-36H2,1-3H3,(H,37,41)/b27-21-/t28-,30+/m0/s1. The van der Waals surface area contributed by atoms with E-state index in [9.17, 15) is 14.7 Å². The summed E-state index contributed by atoms with van der Waals surface area (Å²) < 4.78 is 0. The Labute approximate surface area is 255 Å². The zero-order valence-corrected chi connectivity index (χ0v) is 25.8. The number of allylic oxidation sites excluding steroid dienone is 1. The number of nitrogens with zero attached hydrogens (tertiary/aromatic N) is 3. The molecular weight excluding hydrogens is 540 g/mol. The molecular formula is C34H48N6O3. The van der Waals surface area contributed by atoms with Crippen LogP contribution in [0, 0.1) is 11.3 Å². The van der Waals surface area contributed by atoms with E-state index >= 15 is 0 Å². The third kappa shape index (κ3) is 7.22. The monoisotopic (exact) mass is 588 g/mol. The van der Waals surface area contributed by atoms with E-state index in [4.69, 9.17) is 11.6 Å². The van der Waals surface area contributed by atoms with Crippen LogP contribution in [0.4, 0.5) is 0 Å². The van der Waals surface area contributed by atoms with Crippen LogP contribution in [-0.2, 0) is 9.59 Å². The molecule has 9 nitrogen and oxygen atoms in total. The summed E-state index contributed by atoms with van der Waals surface area (Å²) in [6, 6.07) is 19.5. The van der Waals surface area contributed by atoms with Crippen LogP contribution in [0.1, 0.15) is 70.0 Å². The molecule has 0 unspecified atom stereocenters. The smallest absolute Gasteiger partial charge is 0.248 e. The summed E-state index contributed by atoms with van der Waals surface area (Å²) in [6.07, 6.45) is 5.59. The first-order chi connectivity index (χ1) is 20.5. The quantitative estimate of drug-likeness (QED) is 0.235. The predicted octanol–water partition coefficient (Wildman–Crippen LogP) is 3.12. The van der Waals surface area contributed by atoms with Crippen LogP contribution in [0.5, 0.6) is 0 Å². The summed E-state index contributed by atoms with van der Waals surface area (Å²) in [5.41, 5.74) is 7.93. The van der Waals surface area contributed by atoms with Crippen molar-refractivity contribution in [1.29, 1.82) is 0 Å². The first kappa shape index (κ1) is 31.0. The number of carbonyl (C=O) groups is 2. The van der Waals surface area contributed by atoms with E-state index in [0.29, 0.717) is 50.6 Å². The van der Waals surface area contributed by atoms with Gasteiger partial charge in [-0.25, -0.2) is 5.84 Å². The zero-order valence-electron chi connectivity index (χ0n) is 25.8. The number of benzene rings is 2. The van der Waals surface area contributed by atoms with Gasteiger partial charge in [-0.05, 0) is 48.6 Å².